The lowest BCUT2D eigenvalue weighted by molar-refractivity contribution is 0.0321. The van der Waals surface area contributed by atoms with Gasteiger partial charge in [-0.25, -0.2) is 14.5 Å². The Morgan fingerprint density at radius 3 is 2.42 bits per heavy atom. The summed E-state index contributed by atoms with van der Waals surface area (Å²) in [6.07, 6.45) is -0.739. The van der Waals surface area contributed by atoms with E-state index in [1.54, 1.807) is 20.8 Å². The van der Waals surface area contributed by atoms with Crippen molar-refractivity contribution in [2.24, 2.45) is 5.73 Å². The number of ether oxygens (including phenoxy) is 2. The van der Waals surface area contributed by atoms with Crippen LogP contribution in [0.1, 0.15) is 31.9 Å². The smallest absolute Gasteiger partial charge is 0.418 e. The van der Waals surface area contributed by atoms with Gasteiger partial charge in [-0.05, 0) is 57.9 Å². The van der Waals surface area contributed by atoms with Crippen molar-refractivity contribution in [2.75, 3.05) is 19.8 Å². The molecule has 1 rings (SSSR count). The summed E-state index contributed by atoms with van der Waals surface area (Å²) in [5.41, 5.74) is 7.02. The number of urea groups is 1. The van der Waals surface area contributed by atoms with Crippen LogP contribution in [0.15, 0.2) is 18.2 Å². The summed E-state index contributed by atoms with van der Waals surface area (Å²) in [4.78, 5) is 25.1. The van der Waals surface area contributed by atoms with Crippen molar-refractivity contribution in [3.63, 3.8) is 0 Å². The molecule has 0 radical (unpaired) electrons. The predicted molar refractivity (Wildman–Crippen MR) is 91.9 cm³/mol. The third-order valence-corrected chi connectivity index (χ3v) is 3.15. The van der Waals surface area contributed by atoms with E-state index in [0.29, 0.717) is 5.75 Å². The summed E-state index contributed by atoms with van der Waals surface area (Å²) < 4.78 is 10.7. The van der Waals surface area contributed by atoms with Gasteiger partial charge in [0, 0.05) is 13.1 Å². The fourth-order valence-electron chi connectivity index (χ4n) is 1.80. The van der Waals surface area contributed by atoms with E-state index in [1.165, 1.54) is 0 Å². The lowest BCUT2D eigenvalue weighted by atomic mass is 10.1. The maximum atomic E-state index is 12.2. The molecule has 1 aromatic carbocycles. The van der Waals surface area contributed by atoms with Crippen LogP contribution >= 0.6 is 0 Å². The molecule has 3 amide bonds. The fourth-order valence-corrected chi connectivity index (χ4v) is 1.80. The zero-order valence-corrected chi connectivity index (χ0v) is 15.0. The van der Waals surface area contributed by atoms with Crippen LogP contribution in [0.2, 0.25) is 0 Å². The Kier molecular flexibility index (Phi) is 7.03. The van der Waals surface area contributed by atoms with E-state index >= 15 is 0 Å². The van der Waals surface area contributed by atoms with Crippen LogP contribution in [-0.2, 0) is 4.74 Å². The van der Waals surface area contributed by atoms with Crippen molar-refractivity contribution in [3.05, 3.63) is 29.3 Å². The maximum Gasteiger partial charge on any atom is 0.418 e. The number of rotatable bonds is 5. The molecular formula is C17H27N3O4. The van der Waals surface area contributed by atoms with Crippen molar-refractivity contribution >= 4 is 12.1 Å². The molecule has 1 aromatic rings. The molecule has 0 aliphatic rings. The standard InChI is InChI=1S/C17H27N3O4/c1-12-6-7-14(10-13(12)2)23-11-19-15(21)20(9-8-18)16(22)24-17(3,4)5/h6-7,10H,8-9,11,18H2,1-5H3,(H,19,21). The number of nitrogens with two attached hydrogens (primary N) is 1. The second-order valence-electron chi connectivity index (χ2n) is 6.44. The molecule has 0 heterocycles. The number of aryl methyl sites for hydroxylation is 2. The average molecular weight is 337 g/mol. The highest BCUT2D eigenvalue weighted by Gasteiger charge is 2.26. The molecule has 0 unspecified atom stereocenters. The van der Waals surface area contributed by atoms with E-state index in [2.05, 4.69) is 5.32 Å². The van der Waals surface area contributed by atoms with Gasteiger partial charge in [0.05, 0.1) is 0 Å². The van der Waals surface area contributed by atoms with Gasteiger partial charge in [0.25, 0.3) is 0 Å². The van der Waals surface area contributed by atoms with Crippen LogP contribution in [0, 0.1) is 13.8 Å². The van der Waals surface area contributed by atoms with E-state index in [1.807, 2.05) is 32.0 Å². The van der Waals surface area contributed by atoms with E-state index in [-0.39, 0.29) is 19.8 Å². The molecular weight excluding hydrogens is 310 g/mol. The highest BCUT2D eigenvalue weighted by Crippen LogP contribution is 2.16. The SMILES string of the molecule is Cc1ccc(OCNC(=O)N(CCN)C(=O)OC(C)(C)C)cc1C. The first kappa shape index (κ1) is 19.8. The molecule has 0 aliphatic carbocycles. The Labute approximate surface area is 143 Å². The third kappa shape index (κ3) is 6.45. The quantitative estimate of drug-likeness (QED) is 0.805. The molecule has 0 fully saturated rings. The summed E-state index contributed by atoms with van der Waals surface area (Å²) in [7, 11) is 0. The van der Waals surface area contributed by atoms with Crippen molar-refractivity contribution in [3.8, 4) is 5.75 Å². The van der Waals surface area contributed by atoms with Crippen LogP contribution < -0.4 is 15.8 Å². The van der Waals surface area contributed by atoms with Crippen LogP contribution in [0.3, 0.4) is 0 Å². The molecule has 7 heteroatoms. The Bertz CT molecular complexity index is 582. The first-order chi connectivity index (χ1) is 11.1. The fraction of sp³-hybridized carbons (Fsp3) is 0.529. The van der Waals surface area contributed by atoms with Gasteiger partial charge in [0.15, 0.2) is 6.73 Å². The Hall–Kier alpha value is -2.28. The van der Waals surface area contributed by atoms with Crippen LogP contribution in [0.25, 0.3) is 0 Å². The minimum absolute atomic E-state index is 0.0599. The number of hydrogen-bond donors (Lipinski definition) is 2. The predicted octanol–water partition coefficient (Wildman–Crippen LogP) is 2.55. The topological polar surface area (TPSA) is 93.9 Å². The Morgan fingerprint density at radius 2 is 1.88 bits per heavy atom. The van der Waals surface area contributed by atoms with Gasteiger partial charge >= 0.3 is 12.1 Å². The molecule has 0 spiro atoms. The van der Waals surface area contributed by atoms with Gasteiger partial charge in [-0.3, -0.25) is 0 Å². The van der Waals surface area contributed by atoms with Gasteiger partial charge in [-0.2, -0.15) is 0 Å². The van der Waals surface area contributed by atoms with E-state index in [9.17, 15) is 9.59 Å². The average Bonchev–Trinajstić information content (AvgIpc) is 2.46. The second kappa shape index (κ2) is 8.54. The highest BCUT2D eigenvalue weighted by atomic mass is 16.6. The summed E-state index contributed by atoms with van der Waals surface area (Å²) >= 11 is 0. The number of nitrogens with zero attached hydrogens (tertiary/aromatic N) is 1. The summed E-state index contributed by atoms with van der Waals surface area (Å²) in [5, 5.41) is 2.53. The number of benzene rings is 1. The van der Waals surface area contributed by atoms with Gasteiger partial charge < -0.3 is 20.5 Å². The Morgan fingerprint density at radius 1 is 1.21 bits per heavy atom. The van der Waals surface area contributed by atoms with Gasteiger partial charge in [-0.15, -0.1) is 0 Å². The minimum Gasteiger partial charge on any atom is -0.473 e. The maximum absolute atomic E-state index is 12.2. The van der Waals surface area contributed by atoms with Crippen LogP contribution in [0.5, 0.6) is 5.75 Å². The number of nitrogens with one attached hydrogen (secondary N) is 1. The highest BCUT2D eigenvalue weighted by molar-refractivity contribution is 5.91. The first-order valence-corrected chi connectivity index (χ1v) is 7.82. The lowest BCUT2D eigenvalue weighted by Crippen LogP contribution is -2.48. The number of carbonyl (C=O) groups excluding carboxylic acids is 2. The molecule has 134 valence electrons. The molecule has 7 nitrogen and oxygen atoms in total. The van der Waals surface area contributed by atoms with Crippen molar-refractivity contribution in [2.45, 2.75) is 40.2 Å². The summed E-state index contributed by atoms with van der Waals surface area (Å²) in [6.45, 7) is 9.31. The molecule has 24 heavy (non-hydrogen) atoms. The molecule has 0 bridgehead atoms. The van der Waals surface area contributed by atoms with Crippen molar-refractivity contribution in [1.82, 2.24) is 10.2 Å². The van der Waals surface area contributed by atoms with Crippen LogP contribution in [0.4, 0.5) is 9.59 Å². The van der Waals surface area contributed by atoms with E-state index < -0.39 is 17.7 Å². The second-order valence-corrected chi connectivity index (χ2v) is 6.44. The zero-order chi connectivity index (χ0) is 18.3. The normalized spacial score (nSPS) is 10.9. The van der Waals surface area contributed by atoms with Crippen molar-refractivity contribution in [1.29, 1.82) is 0 Å². The number of hydrogen-bond acceptors (Lipinski definition) is 5. The van der Waals surface area contributed by atoms with Gasteiger partial charge in [0.1, 0.15) is 11.4 Å². The molecule has 0 saturated heterocycles. The zero-order valence-electron chi connectivity index (χ0n) is 15.0. The van der Waals surface area contributed by atoms with E-state index in [4.69, 9.17) is 15.2 Å². The number of imide groups is 1. The largest absolute Gasteiger partial charge is 0.473 e. The van der Waals surface area contributed by atoms with Gasteiger partial charge in [0.2, 0.25) is 0 Å². The Balaban J connectivity index is 2.58. The van der Waals surface area contributed by atoms with Gasteiger partial charge in [-0.1, -0.05) is 6.07 Å². The summed E-state index contributed by atoms with van der Waals surface area (Å²) in [6, 6.07) is 5.03. The molecule has 0 aromatic heterocycles. The monoisotopic (exact) mass is 337 g/mol. The molecule has 0 atom stereocenters. The lowest BCUT2D eigenvalue weighted by Gasteiger charge is -2.26. The molecule has 3 N–H and O–H groups in total. The number of carbonyl (C=O) groups is 2. The molecule has 0 saturated carbocycles. The third-order valence-electron chi connectivity index (χ3n) is 3.15. The first-order valence-electron chi connectivity index (χ1n) is 7.82. The molecule has 0 aliphatic heterocycles. The minimum atomic E-state index is -0.739. The van der Waals surface area contributed by atoms with E-state index in [0.717, 1.165) is 16.0 Å². The summed E-state index contributed by atoms with van der Waals surface area (Å²) in [5.74, 6) is 0.640. The van der Waals surface area contributed by atoms with Crippen molar-refractivity contribution < 1.29 is 19.1 Å². The van der Waals surface area contributed by atoms with Crippen LogP contribution in [-0.4, -0.2) is 42.4 Å². The number of amides is 3.